The summed E-state index contributed by atoms with van der Waals surface area (Å²) in [4.78, 5) is 11.3. The molecular weight excluding hydrogens is 1320 g/mol. The Balaban J connectivity index is 0.976. The van der Waals surface area contributed by atoms with Gasteiger partial charge in [-0.05, 0) is 195 Å². The third-order valence-corrected chi connectivity index (χ3v) is 23.3. The maximum atomic E-state index is 6.04. The van der Waals surface area contributed by atoms with Crippen LogP contribution in [0.4, 0.5) is 34.1 Å². The number of rotatable bonds is 9. The first-order valence-corrected chi connectivity index (χ1v) is 38.9. The van der Waals surface area contributed by atoms with E-state index in [4.69, 9.17) is 4.98 Å². The molecule has 109 heavy (non-hydrogen) atoms. The van der Waals surface area contributed by atoms with Gasteiger partial charge in [0, 0.05) is 55.4 Å². The first kappa shape index (κ1) is 69.0. The molecule has 0 atom stereocenters. The van der Waals surface area contributed by atoms with Crippen LogP contribution in [0.5, 0.6) is 0 Å². The fourth-order valence-corrected chi connectivity index (χ4v) is 17.2. The number of hydrogen-bond acceptors (Lipinski definition) is 3. The second-order valence-electron chi connectivity index (χ2n) is 35.7. The smallest absolute Gasteiger partial charge is 0.252 e. The molecule has 534 valence electrons. The van der Waals surface area contributed by atoms with Crippen LogP contribution in [0.15, 0.2) is 297 Å². The molecule has 0 amide bonds. The van der Waals surface area contributed by atoms with Crippen molar-refractivity contribution in [1.29, 1.82) is 0 Å². The molecule has 0 unspecified atom stereocenters. The van der Waals surface area contributed by atoms with Gasteiger partial charge in [0.15, 0.2) is 0 Å². The molecular formula is C103H94BN5. The summed E-state index contributed by atoms with van der Waals surface area (Å²) in [6.07, 6.45) is 0. The van der Waals surface area contributed by atoms with Crippen molar-refractivity contribution in [2.75, 3.05) is 9.80 Å². The summed E-state index contributed by atoms with van der Waals surface area (Å²) in [7, 11) is 0. The Labute approximate surface area is 643 Å². The number of aromatic nitrogens is 3. The molecule has 2 aliphatic heterocycles. The molecule has 0 radical (unpaired) electrons. The molecule has 18 rings (SSSR count). The number of benzene rings is 13. The Morgan fingerprint density at radius 1 is 0.248 bits per heavy atom. The van der Waals surface area contributed by atoms with Gasteiger partial charge in [0.1, 0.15) is 5.82 Å². The van der Waals surface area contributed by atoms with Crippen molar-refractivity contribution in [2.24, 2.45) is 0 Å². The highest BCUT2D eigenvalue weighted by atomic mass is 15.2. The molecule has 13 aromatic carbocycles. The first-order valence-electron chi connectivity index (χ1n) is 38.9. The van der Waals surface area contributed by atoms with Crippen LogP contribution in [-0.2, 0) is 27.1 Å². The minimum absolute atomic E-state index is 0.0594. The summed E-state index contributed by atoms with van der Waals surface area (Å²) in [5, 5.41) is 4.92. The summed E-state index contributed by atoms with van der Waals surface area (Å²) >= 11 is 0. The van der Waals surface area contributed by atoms with Gasteiger partial charge in [0.05, 0.1) is 44.8 Å². The molecule has 6 heteroatoms. The van der Waals surface area contributed by atoms with E-state index in [1.54, 1.807) is 0 Å². The molecule has 0 saturated carbocycles. The van der Waals surface area contributed by atoms with Gasteiger partial charge in [-0.1, -0.05) is 316 Å². The molecule has 5 nitrogen and oxygen atoms in total. The summed E-state index contributed by atoms with van der Waals surface area (Å²) in [5.74, 6) is 0.871. The molecule has 3 aromatic heterocycles. The van der Waals surface area contributed by atoms with Crippen LogP contribution in [0, 0.1) is 0 Å². The Morgan fingerprint density at radius 3 is 1.21 bits per heavy atom. The third-order valence-electron chi connectivity index (χ3n) is 23.3. The van der Waals surface area contributed by atoms with Gasteiger partial charge in [0.2, 0.25) is 0 Å². The molecule has 0 aliphatic carbocycles. The minimum Gasteiger partial charge on any atom is -0.311 e. The van der Waals surface area contributed by atoms with E-state index in [1.807, 2.05) is 0 Å². The lowest BCUT2D eigenvalue weighted by Crippen LogP contribution is -2.61. The SMILES string of the molecule is CC(C)(C)c1cccc(-c2cc(-c3ccc4c(c3)B3c5ccc(-c6ccccc6)cc5N(c5ccccc5-c5ccccc5)c5cc(-n6c7cc(C(C)(C)C)ccc7c7ccc(C(C)(C)C)cc76)cc(c53)N4c3ccccc3-c3ccccc3)nc(-n3c4ccc(C(C)(C)C)cc4c4cc(C(C)(C)C)ccc43)c2)c1. The standard InChI is InChI=1S/C103H94BN5/c1-99(2,3)72-37-29-36-68(54-72)71-56-86(105-97(58-71)109-89-52-46-73(100(4,5)6)59-82(89)83-60-74(101(7,8)9)47-53-90(83)109)70-43-51-91-85(55-70)104-84-50-42-69(65-30-19-16-20-31-65)57-94(84)108(88-41-28-26-39-79(88)67-34-23-18-24-35-67)96-64-77(63-95(98(96)104)107(91)87-40-27-25-38-78(87)66-32-21-17-22-33-66)106-92-61-75(102(10,11)12)44-48-80(92)81-49-45-76(62-93(81)106)103(13,14)15/h16-64H,1-15H3. The molecule has 5 heterocycles. The maximum absolute atomic E-state index is 6.04. The Hall–Kier alpha value is -11.7. The summed E-state index contributed by atoms with van der Waals surface area (Å²) in [5.41, 5.74) is 33.1. The van der Waals surface area contributed by atoms with Gasteiger partial charge in [-0.25, -0.2) is 4.98 Å². The fourth-order valence-electron chi connectivity index (χ4n) is 17.2. The van der Waals surface area contributed by atoms with Gasteiger partial charge < -0.3 is 14.4 Å². The lowest BCUT2D eigenvalue weighted by molar-refractivity contribution is 0.590. The number of pyridine rings is 1. The number of fused-ring (bicyclic) bond motifs is 10. The fraction of sp³-hybridized carbons (Fsp3) is 0.194. The monoisotopic (exact) mass is 1410 g/mol. The van der Waals surface area contributed by atoms with Gasteiger partial charge in [0.25, 0.3) is 6.71 Å². The van der Waals surface area contributed by atoms with E-state index >= 15 is 0 Å². The second kappa shape index (κ2) is 25.5. The highest BCUT2D eigenvalue weighted by Gasteiger charge is 2.45. The van der Waals surface area contributed by atoms with Crippen molar-refractivity contribution in [3.63, 3.8) is 0 Å². The van der Waals surface area contributed by atoms with Gasteiger partial charge in [-0.15, -0.1) is 0 Å². The number of nitrogens with zero attached hydrogens (tertiary/aromatic N) is 5. The quantitative estimate of drug-likeness (QED) is 0.135. The highest BCUT2D eigenvalue weighted by molar-refractivity contribution is 7.00. The van der Waals surface area contributed by atoms with E-state index in [9.17, 15) is 0 Å². The molecule has 0 spiro atoms. The van der Waals surface area contributed by atoms with E-state index in [0.29, 0.717) is 0 Å². The maximum Gasteiger partial charge on any atom is 0.252 e. The predicted octanol–water partition coefficient (Wildman–Crippen LogP) is 26.2. The molecule has 0 fully saturated rings. The van der Waals surface area contributed by atoms with Crippen LogP contribution in [0.1, 0.15) is 132 Å². The molecule has 2 aliphatic rings. The number of para-hydroxylation sites is 2. The van der Waals surface area contributed by atoms with Crippen LogP contribution in [0.3, 0.4) is 0 Å². The second-order valence-corrected chi connectivity index (χ2v) is 35.7. The van der Waals surface area contributed by atoms with Gasteiger partial charge >= 0.3 is 0 Å². The molecule has 16 aromatic rings. The summed E-state index contributed by atoms with van der Waals surface area (Å²) in [6.45, 7) is 34.6. The minimum atomic E-state index is -0.273. The first-order chi connectivity index (χ1) is 52.2. The summed E-state index contributed by atoms with van der Waals surface area (Å²) < 4.78 is 5.05. The van der Waals surface area contributed by atoms with Crippen molar-refractivity contribution in [1.82, 2.24) is 14.1 Å². The van der Waals surface area contributed by atoms with Gasteiger partial charge in [-0.3, -0.25) is 4.57 Å². The van der Waals surface area contributed by atoms with Crippen molar-refractivity contribution in [2.45, 2.75) is 131 Å². The zero-order chi connectivity index (χ0) is 75.4. The Bertz CT molecular complexity index is 6170. The zero-order valence-electron chi connectivity index (χ0n) is 65.6. The third kappa shape index (κ3) is 11.9. The van der Waals surface area contributed by atoms with Crippen molar-refractivity contribution >= 4 is 101 Å². The van der Waals surface area contributed by atoms with Crippen molar-refractivity contribution in [3.05, 3.63) is 325 Å². The van der Waals surface area contributed by atoms with E-state index in [2.05, 4.69) is 420 Å². The summed E-state index contributed by atoms with van der Waals surface area (Å²) in [6, 6.07) is 113. The van der Waals surface area contributed by atoms with Crippen molar-refractivity contribution in [3.8, 4) is 67.3 Å². The van der Waals surface area contributed by atoms with Crippen LogP contribution in [0.25, 0.3) is 111 Å². The molecule has 0 saturated heterocycles. The largest absolute Gasteiger partial charge is 0.311 e. The van der Waals surface area contributed by atoms with E-state index in [-0.39, 0.29) is 33.8 Å². The van der Waals surface area contributed by atoms with Crippen LogP contribution in [-0.4, -0.2) is 20.8 Å². The highest BCUT2D eigenvalue weighted by Crippen LogP contribution is 2.52. The lowest BCUT2D eigenvalue weighted by atomic mass is 9.33. The number of hydrogen-bond donors (Lipinski definition) is 0. The van der Waals surface area contributed by atoms with Crippen LogP contribution >= 0.6 is 0 Å². The zero-order valence-corrected chi connectivity index (χ0v) is 65.6. The lowest BCUT2D eigenvalue weighted by Gasteiger charge is -2.45. The van der Waals surface area contributed by atoms with Gasteiger partial charge in [-0.2, -0.15) is 0 Å². The normalized spacial score (nSPS) is 13.2. The Morgan fingerprint density at radius 2 is 0.688 bits per heavy atom. The van der Waals surface area contributed by atoms with Crippen molar-refractivity contribution < 1.29 is 0 Å². The Kier molecular flexibility index (Phi) is 16.1. The van der Waals surface area contributed by atoms with E-state index < -0.39 is 0 Å². The van der Waals surface area contributed by atoms with Crippen LogP contribution < -0.4 is 26.2 Å². The molecule has 0 N–H and O–H groups in total. The molecule has 0 bridgehead atoms. The topological polar surface area (TPSA) is 29.2 Å². The van der Waals surface area contributed by atoms with E-state index in [1.165, 1.54) is 76.8 Å². The average Bonchev–Trinajstić information content (AvgIpc) is 1.02. The number of anilines is 6. The average molecular weight is 1410 g/mol. The van der Waals surface area contributed by atoms with Crippen LogP contribution in [0.2, 0.25) is 0 Å². The predicted molar refractivity (Wildman–Crippen MR) is 468 cm³/mol. The van der Waals surface area contributed by atoms with E-state index in [0.717, 1.165) is 112 Å².